The lowest BCUT2D eigenvalue weighted by Gasteiger charge is -2.16. The highest BCUT2D eigenvalue weighted by Gasteiger charge is 2.34. The minimum atomic E-state index is -4.55. The number of nitro groups is 1. The van der Waals surface area contributed by atoms with Crippen LogP contribution in [-0.2, 0) is 16.0 Å². The van der Waals surface area contributed by atoms with E-state index in [1.165, 1.54) is 6.07 Å². The lowest BCUT2D eigenvalue weighted by atomic mass is 10.2. The normalized spacial score (nSPS) is 13.4. The SMILES string of the molecule is CCC(Nc1ccc([N+](=O)[O-])c(S(C)(=O)=O)c1)c1nc(C(F)(F)F)cs1. The molecule has 0 aliphatic carbocycles. The van der Waals surface area contributed by atoms with Crippen LogP contribution in [0.25, 0.3) is 0 Å². The molecule has 142 valence electrons. The van der Waals surface area contributed by atoms with E-state index < -0.39 is 43.3 Å². The Kier molecular flexibility index (Phi) is 5.56. The van der Waals surface area contributed by atoms with Gasteiger partial charge in [-0.05, 0) is 18.6 Å². The molecule has 1 unspecified atom stereocenters. The van der Waals surface area contributed by atoms with E-state index in [2.05, 4.69) is 10.3 Å². The highest BCUT2D eigenvalue weighted by Crippen LogP contribution is 2.34. The van der Waals surface area contributed by atoms with Gasteiger partial charge in [-0.3, -0.25) is 10.1 Å². The second-order valence-corrected chi connectivity index (χ2v) is 8.26. The van der Waals surface area contributed by atoms with Gasteiger partial charge in [0.05, 0.1) is 11.0 Å². The van der Waals surface area contributed by atoms with Gasteiger partial charge >= 0.3 is 6.18 Å². The minimum absolute atomic E-state index is 0.180. The summed E-state index contributed by atoms with van der Waals surface area (Å²) in [5.41, 5.74) is -1.34. The van der Waals surface area contributed by atoms with E-state index in [1.807, 2.05) is 0 Å². The van der Waals surface area contributed by atoms with E-state index in [-0.39, 0.29) is 10.7 Å². The van der Waals surface area contributed by atoms with Gasteiger partial charge in [0.15, 0.2) is 15.5 Å². The zero-order valence-corrected chi connectivity index (χ0v) is 15.2. The Labute approximate surface area is 150 Å². The van der Waals surface area contributed by atoms with Gasteiger partial charge in [0, 0.05) is 23.4 Å². The van der Waals surface area contributed by atoms with Gasteiger partial charge in [0.25, 0.3) is 5.69 Å². The van der Waals surface area contributed by atoms with Gasteiger partial charge in [-0.25, -0.2) is 13.4 Å². The van der Waals surface area contributed by atoms with Crippen LogP contribution in [0.5, 0.6) is 0 Å². The number of sulfone groups is 1. The monoisotopic (exact) mass is 409 g/mol. The number of nitro benzene ring substituents is 1. The third kappa shape index (κ3) is 4.49. The molecule has 1 heterocycles. The van der Waals surface area contributed by atoms with E-state index in [9.17, 15) is 31.7 Å². The predicted molar refractivity (Wildman–Crippen MR) is 90.0 cm³/mol. The van der Waals surface area contributed by atoms with Gasteiger partial charge in [-0.1, -0.05) is 6.92 Å². The summed E-state index contributed by atoms with van der Waals surface area (Å²) in [7, 11) is -3.87. The summed E-state index contributed by atoms with van der Waals surface area (Å²) >= 11 is 0.826. The molecule has 2 aromatic rings. The zero-order chi connectivity index (χ0) is 19.7. The lowest BCUT2D eigenvalue weighted by molar-refractivity contribution is -0.387. The molecule has 12 heteroatoms. The number of anilines is 1. The number of hydrogen-bond donors (Lipinski definition) is 1. The third-order valence-corrected chi connectivity index (χ3v) is 5.50. The molecule has 0 saturated heterocycles. The molecule has 0 aliphatic rings. The predicted octanol–water partition coefficient (Wildman–Crippen LogP) is 4.04. The van der Waals surface area contributed by atoms with Crippen molar-refractivity contribution < 1.29 is 26.5 Å². The van der Waals surface area contributed by atoms with Crippen molar-refractivity contribution in [2.45, 2.75) is 30.5 Å². The Morgan fingerprint density at radius 3 is 2.50 bits per heavy atom. The molecule has 2 rings (SSSR count). The molecule has 0 radical (unpaired) electrons. The molecule has 0 aliphatic heterocycles. The van der Waals surface area contributed by atoms with Crippen molar-refractivity contribution in [3.8, 4) is 0 Å². The number of alkyl halides is 3. The van der Waals surface area contributed by atoms with Gasteiger partial charge in [-0.15, -0.1) is 11.3 Å². The van der Waals surface area contributed by atoms with Crippen molar-refractivity contribution in [2.24, 2.45) is 0 Å². The molecule has 1 aromatic carbocycles. The Balaban J connectivity index is 2.37. The molecule has 0 fully saturated rings. The third-order valence-electron chi connectivity index (χ3n) is 3.42. The van der Waals surface area contributed by atoms with E-state index in [0.717, 1.165) is 35.1 Å². The highest BCUT2D eigenvalue weighted by atomic mass is 32.2. The first-order valence-electron chi connectivity index (χ1n) is 7.21. The minimum Gasteiger partial charge on any atom is -0.376 e. The van der Waals surface area contributed by atoms with Crippen molar-refractivity contribution in [2.75, 3.05) is 11.6 Å². The first-order chi connectivity index (χ1) is 11.9. The van der Waals surface area contributed by atoms with Crippen molar-refractivity contribution in [1.29, 1.82) is 0 Å². The van der Waals surface area contributed by atoms with Crippen LogP contribution in [0.2, 0.25) is 0 Å². The maximum Gasteiger partial charge on any atom is 0.434 e. The average molecular weight is 409 g/mol. The van der Waals surface area contributed by atoms with Crippen LogP contribution in [0.3, 0.4) is 0 Å². The van der Waals surface area contributed by atoms with Crippen LogP contribution >= 0.6 is 11.3 Å². The van der Waals surface area contributed by atoms with E-state index >= 15 is 0 Å². The summed E-state index contributed by atoms with van der Waals surface area (Å²) in [6.07, 6.45) is -3.34. The van der Waals surface area contributed by atoms with Gasteiger partial charge in [-0.2, -0.15) is 13.2 Å². The van der Waals surface area contributed by atoms with Crippen molar-refractivity contribution in [1.82, 2.24) is 4.98 Å². The number of nitrogens with one attached hydrogen (secondary N) is 1. The number of thiazole rings is 1. The Morgan fingerprint density at radius 1 is 1.38 bits per heavy atom. The number of hydrogen-bond acceptors (Lipinski definition) is 7. The van der Waals surface area contributed by atoms with Gasteiger partial charge in [0.1, 0.15) is 9.90 Å². The lowest BCUT2D eigenvalue weighted by Crippen LogP contribution is -2.12. The summed E-state index contributed by atoms with van der Waals surface area (Å²) in [6.45, 7) is 1.72. The first-order valence-corrected chi connectivity index (χ1v) is 9.98. The smallest absolute Gasteiger partial charge is 0.376 e. The fourth-order valence-electron chi connectivity index (χ4n) is 2.17. The van der Waals surface area contributed by atoms with Crippen LogP contribution in [0, 0.1) is 10.1 Å². The van der Waals surface area contributed by atoms with Crippen LogP contribution in [0.15, 0.2) is 28.5 Å². The molecular weight excluding hydrogens is 395 g/mol. The average Bonchev–Trinajstić information content (AvgIpc) is 3.01. The number of rotatable bonds is 6. The van der Waals surface area contributed by atoms with Crippen LogP contribution in [0.1, 0.15) is 30.1 Å². The summed E-state index contributed by atoms with van der Waals surface area (Å²) in [4.78, 5) is 13.3. The van der Waals surface area contributed by atoms with Gasteiger partial charge < -0.3 is 5.32 Å². The zero-order valence-electron chi connectivity index (χ0n) is 13.6. The van der Waals surface area contributed by atoms with Crippen molar-refractivity contribution in [3.05, 3.63) is 44.4 Å². The molecule has 0 saturated carbocycles. The molecule has 26 heavy (non-hydrogen) atoms. The summed E-state index contributed by atoms with van der Waals surface area (Å²) in [5.74, 6) is 0. The Bertz CT molecular complexity index is 926. The van der Waals surface area contributed by atoms with Crippen LogP contribution < -0.4 is 5.32 Å². The topological polar surface area (TPSA) is 102 Å². The second-order valence-electron chi connectivity index (χ2n) is 5.39. The maximum absolute atomic E-state index is 12.7. The largest absolute Gasteiger partial charge is 0.434 e. The fraction of sp³-hybridized carbons (Fsp3) is 0.357. The molecule has 7 nitrogen and oxygen atoms in total. The van der Waals surface area contributed by atoms with Gasteiger partial charge in [0.2, 0.25) is 0 Å². The highest BCUT2D eigenvalue weighted by molar-refractivity contribution is 7.90. The molecule has 1 aromatic heterocycles. The number of aromatic nitrogens is 1. The Hall–Kier alpha value is -2.21. The molecule has 0 amide bonds. The van der Waals surface area contributed by atoms with Crippen molar-refractivity contribution in [3.63, 3.8) is 0 Å². The number of benzene rings is 1. The van der Waals surface area contributed by atoms with Crippen LogP contribution in [0.4, 0.5) is 24.5 Å². The van der Waals surface area contributed by atoms with E-state index in [4.69, 9.17) is 0 Å². The number of halogens is 3. The molecule has 1 atom stereocenters. The maximum atomic E-state index is 12.7. The molecule has 0 bridgehead atoms. The van der Waals surface area contributed by atoms with Crippen molar-refractivity contribution >= 4 is 32.5 Å². The van der Waals surface area contributed by atoms with E-state index in [0.29, 0.717) is 6.42 Å². The fourth-order valence-corrected chi connectivity index (χ4v) is 3.99. The summed E-state index contributed by atoms with van der Waals surface area (Å²) in [6, 6.07) is 2.82. The summed E-state index contributed by atoms with van der Waals surface area (Å²) in [5, 5.41) is 14.9. The summed E-state index contributed by atoms with van der Waals surface area (Å²) < 4.78 is 61.6. The number of nitrogens with zero attached hydrogens (tertiary/aromatic N) is 2. The van der Waals surface area contributed by atoms with E-state index in [1.54, 1.807) is 6.92 Å². The van der Waals surface area contributed by atoms with Crippen LogP contribution in [-0.4, -0.2) is 24.6 Å². The molecule has 1 N–H and O–H groups in total. The second kappa shape index (κ2) is 7.19. The quantitative estimate of drug-likeness (QED) is 0.571. The first kappa shape index (κ1) is 20.1. The Morgan fingerprint density at radius 2 is 2.04 bits per heavy atom. The molecule has 0 spiro atoms. The molecular formula is C14H14F3N3O4S2. The standard InChI is InChI=1S/C14H14F3N3O4S2/c1-3-9(13-19-12(7-25-13)14(15,16)17)18-8-4-5-10(20(21)22)11(6-8)26(2,23)24/h4-7,9,18H,3H2,1-2H3.